The van der Waals surface area contributed by atoms with E-state index in [0.29, 0.717) is 29.4 Å². The lowest BCUT2D eigenvalue weighted by Gasteiger charge is -2.33. The van der Waals surface area contributed by atoms with Gasteiger partial charge < -0.3 is 4.74 Å². The van der Waals surface area contributed by atoms with Gasteiger partial charge in [0, 0.05) is 17.9 Å². The lowest BCUT2D eigenvalue weighted by molar-refractivity contribution is -0.135. The van der Waals surface area contributed by atoms with Crippen LogP contribution in [-0.2, 0) is 16.0 Å². The highest BCUT2D eigenvalue weighted by Gasteiger charge is 2.41. The van der Waals surface area contributed by atoms with E-state index in [9.17, 15) is 9.59 Å². The molecule has 0 aliphatic heterocycles. The molecule has 0 bridgehead atoms. The lowest BCUT2D eigenvalue weighted by atomic mass is 9.69. The van der Waals surface area contributed by atoms with Crippen LogP contribution in [0.15, 0.2) is 42.5 Å². The molecule has 1 aliphatic carbocycles. The van der Waals surface area contributed by atoms with Crippen LogP contribution in [0.5, 0.6) is 11.5 Å². The molecule has 0 unspecified atom stereocenters. The number of ether oxygens (including phenoxy) is 1. The molecule has 0 aromatic heterocycles. The van der Waals surface area contributed by atoms with E-state index in [1.807, 2.05) is 39.0 Å². The highest BCUT2D eigenvalue weighted by atomic mass is 35.5. The summed E-state index contributed by atoms with van der Waals surface area (Å²) in [5, 5.41) is 0.639. The van der Waals surface area contributed by atoms with Crippen molar-refractivity contribution in [1.82, 2.24) is 0 Å². The Morgan fingerprint density at radius 2 is 1.58 bits per heavy atom. The number of halogens is 1. The average Bonchev–Trinajstić information content (AvgIpc) is 2.55. The van der Waals surface area contributed by atoms with E-state index < -0.39 is 5.92 Å². The van der Waals surface area contributed by atoms with E-state index in [4.69, 9.17) is 16.3 Å². The van der Waals surface area contributed by atoms with Crippen molar-refractivity contribution in [2.24, 2.45) is 5.41 Å². The van der Waals surface area contributed by atoms with Crippen LogP contribution in [0.25, 0.3) is 0 Å². The van der Waals surface area contributed by atoms with Crippen LogP contribution in [0.2, 0.25) is 5.02 Å². The largest absolute Gasteiger partial charge is 0.457 e. The Labute approximate surface area is 159 Å². The number of carbonyl (C=O) groups is 2. The Hall–Kier alpha value is -2.13. The van der Waals surface area contributed by atoms with Gasteiger partial charge in [0.15, 0.2) is 0 Å². The second-order valence-electron chi connectivity index (χ2n) is 7.65. The number of ketones is 2. The highest BCUT2D eigenvalue weighted by Crippen LogP contribution is 2.40. The van der Waals surface area contributed by atoms with E-state index >= 15 is 0 Å². The van der Waals surface area contributed by atoms with Crippen molar-refractivity contribution in [3.63, 3.8) is 0 Å². The highest BCUT2D eigenvalue weighted by molar-refractivity contribution is 6.30. The number of benzene rings is 2. The molecular weight excluding hydrogens is 348 g/mol. The molecule has 26 heavy (non-hydrogen) atoms. The predicted octanol–water partition coefficient (Wildman–Crippen LogP) is 5.74. The Balaban J connectivity index is 1.94. The molecule has 0 saturated heterocycles. The van der Waals surface area contributed by atoms with Crippen molar-refractivity contribution < 1.29 is 14.3 Å². The third kappa shape index (κ3) is 3.99. The molecule has 0 N–H and O–H groups in total. The summed E-state index contributed by atoms with van der Waals surface area (Å²) in [5.74, 6) is 0.609. The molecule has 4 heteroatoms. The molecule has 0 spiro atoms. The van der Waals surface area contributed by atoms with Crippen LogP contribution in [0.3, 0.4) is 0 Å². The molecule has 1 fully saturated rings. The monoisotopic (exact) mass is 370 g/mol. The molecule has 1 saturated carbocycles. The van der Waals surface area contributed by atoms with Gasteiger partial charge in [-0.3, -0.25) is 9.59 Å². The van der Waals surface area contributed by atoms with Gasteiger partial charge in [0.25, 0.3) is 0 Å². The minimum Gasteiger partial charge on any atom is -0.457 e. The van der Waals surface area contributed by atoms with Crippen molar-refractivity contribution in [3.05, 3.63) is 58.6 Å². The zero-order valence-electron chi connectivity index (χ0n) is 15.3. The molecule has 0 amide bonds. The van der Waals surface area contributed by atoms with Gasteiger partial charge in [0.05, 0.1) is 0 Å². The van der Waals surface area contributed by atoms with E-state index in [1.54, 1.807) is 24.3 Å². The van der Waals surface area contributed by atoms with E-state index in [1.165, 1.54) is 0 Å². The normalized spacial score (nSPS) is 17.4. The summed E-state index contributed by atoms with van der Waals surface area (Å²) in [6.07, 6.45) is 1.61. The van der Waals surface area contributed by atoms with E-state index in [0.717, 1.165) is 17.5 Å². The molecular formula is C22H23ClO3. The van der Waals surface area contributed by atoms with Gasteiger partial charge in [-0.15, -0.1) is 0 Å². The number of carbonyl (C=O) groups excluding carboxylic acids is 2. The summed E-state index contributed by atoms with van der Waals surface area (Å²) in [4.78, 5) is 25.4. The first-order chi connectivity index (χ1) is 12.3. The Morgan fingerprint density at radius 1 is 1.00 bits per heavy atom. The SMILES string of the molecule is CCc1ccc(Oc2ccc(Cl)cc2)cc1C1C(=O)CC(C)(C)CC1=O. The van der Waals surface area contributed by atoms with Crippen LogP contribution >= 0.6 is 11.6 Å². The summed E-state index contributed by atoms with van der Waals surface area (Å²) in [7, 11) is 0. The van der Waals surface area contributed by atoms with Gasteiger partial charge in [-0.05, 0) is 59.4 Å². The lowest BCUT2D eigenvalue weighted by Crippen LogP contribution is -2.36. The van der Waals surface area contributed by atoms with Gasteiger partial charge in [-0.1, -0.05) is 38.4 Å². The van der Waals surface area contributed by atoms with Crippen LogP contribution in [-0.4, -0.2) is 11.6 Å². The molecule has 3 rings (SSSR count). The number of rotatable bonds is 4. The zero-order chi connectivity index (χ0) is 18.9. The molecule has 0 atom stereocenters. The zero-order valence-corrected chi connectivity index (χ0v) is 16.1. The second kappa shape index (κ2) is 7.24. The smallest absolute Gasteiger partial charge is 0.148 e. The van der Waals surface area contributed by atoms with Crippen molar-refractivity contribution >= 4 is 23.2 Å². The summed E-state index contributed by atoms with van der Waals surface area (Å²) in [6, 6.07) is 12.7. The second-order valence-corrected chi connectivity index (χ2v) is 8.09. The molecule has 136 valence electrons. The number of hydrogen-bond acceptors (Lipinski definition) is 3. The third-order valence-electron chi connectivity index (χ3n) is 4.81. The molecule has 2 aromatic carbocycles. The number of hydrogen-bond donors (Lipinski definition) is 0. The summed E-state index contributed by atoms with van der Waals surface area (Å²) < 4.78 is 5.89. The first-order valence-electron chi connectivity index (χ1n) is 8.91. The van der Waals surface area contributed by atoms with Crippen LogP contribution in [0.4, 0.5) is 0 Å². The predicted molar refractivity (Wildman–Crippen MR) is 103 cm³/mol. The van der Waals surface area contributed by atoms with Crippen LogP contribution in [0, 0.1) is 5.41 Å². The topological polar surface area (TPSA) is 43.4 Å². The fourth-order valence-corrected chi connectivity index (χ4v) is 3.73. The molecule has 2 aromatic rings. The van der Waals surface area contributed by atoms with E-state index in [2.05, 4.69) is 0 Å². The van der Waals surface area contributed by atoms with Crippen molar-refractivity contribution in [2.75, 3.05) is 0 Å². The van der Waals surface area contributed by atoms with Gasteiger partial charge in [-0.2, -0.15) is 0 Å². The molecule has 3 nitrogen and oxygen atoms in total. The minimum atomic E-state index is -0.674. The van der Waals surface area contributed by atoms with Crippen molar-refractivity contribution in [1.29, 1.82) is 0 Å². The van der Waals surface area contributed by atoms with Crippen molar-refractivity contribution in [3.8, 4) is 11.5 Å². The maximum atomic E-state index is 12.7. The summed E-state index contributed by atoms with van der Waals surface area (Å²) in [5.41, 5.74) is 1.54. The number of aryl methyl sites for hydroxylation is 1. The third-order valence-corrected chi connectivity index (χ3v) is 5.06. The maximum Gasteiger partial charge on any atom is 0.148 e. The first-order valence-corrected chi connectivity index (χ1v) is 9.28. The van der Waals surface area contributed by atoms with Gasteiger partial charge in [-0.25, -0.2) is 0 Å². The fraction of sp³-hybridized carbons (Fsp3) is 0.364. The molecule has 1 aliphatic rings. The Morgan fingerprint density at radius 3 is 2.15 bits per heavy atom. The van der Waals surface area contributed by atoms with Crippen LogP contribution < -0.4 is 4.74 Å². The first kappa shape index (κ1) is 18.7. The minimum absolute atomic E-state index is 0.00425. The fourth-order valence-electron chi connectivity index (χ4n) is 3.60. The number of Topliss-reactive ketones (excluding diaryl/α,β-unsaturated/α-hetero) is 2. The van der Waals surface area contributed by atoms with Crippen molar-refractivity contribution in [2.45, 2.75) is 46.0 Å². The standard InChI is InChI=1S/C22H23ClO3/c1-4-14-5-8-17(26-16-9-6-15(23)7-10-16)11-18(14)21-19(24)12-22(2,3)13-20(21)25/h5-11,21H,4,12-13H2,1-3H3. The van der Waals surface area contributed by atoms with E-state index in [-0.39, 0.29) is 17.0 Å². The maximum absolute atomic E-state index is 12.7. The molecule has 0 heterocycles. The van der Waals surface area contributed by atoms with Crippen LogP contribution in [0.1, 0.15) is 50.7 Å². The molecule has 0 radical (unpaired) electrons. The van der Waals surface area contributed by atoms with Gasteiger partial charge in [0.1, 0.15) is 29.0 Å². The van der Waals surface area contributed by atoms with Gasteiger partial charge >= 0.3 is 0 Å². The summed E-state index contributed by atoms with van der Waals surface area (Å²) in [6.45, 7) is 5.97. The average molecular weight is 371 g/mol. The Kier molecular flexibility index (Phi) is 5.19. The Bertz CT molecular complexity index is 817. The quantitative estimate of drug-likeness (QED) is 0.645. The van der Waals surface area contributed by atoms with Gasteiger partial charge in [0.2, 0.25) is 0 Å². The summed E-state index contributed by atoms with van der Waals surface area (Å²) >= 11 is 5.91.